The summed E-state index contributed by atoms with van der Waals surface area (Å²) in [4.78, 5) is 4.55. The minimum atomic E-state index is 0.985. The van der Waals surface area contributed by atoms with Crippen LogP contribution in [0, 0.1) is 0 Å². The molecule has 20 heavy (non-hydrogen) atoms. The first kappa shape index (κ1) is 13.5. The summed E-state index contributed by atoms with van der Waals surface area (Å²) in [5.74, 6) is 0. The molecule has 0 aliphatic heterocycles. The fraction of sp³-hybridized carbons (Fsp3) is 0. The van der Waals surface area contributed by atoms with Crippen molar-refractivity contribution in [3.63, 3.8) is 0 Å². The molecular weight excluding hydrogens is 378 g/mol. The number of hydrogen-bond donors (Lipinski definition) is 0. The first-order valence-electron chi connectivity index (χ1n) is 6.20. The Bertz CT molecular complexity index is 637. The highest BCUT2D eigenvalue weighted by Crippen LogP contribution is 2.24. The molecule has 0 atom stereocenters. The van der Waals surface area contributed by atoms with E-state index in [0.29, 0.717) is 0 Å². The van der Waals surface area contributed by atoms with E-state index in [1.165, 1.54) is 5.56 Å². The summed E-state index contributed by atoms with van der Waals surface area (Å²) >= 11 is 6.89. The maximum atomic E-state index is 4.55. The van der Waals surface area contributed by atoms with Crippen molar-refractivity contribution in [2.75, 3.05) is 0 Å². The Kier molecular flexibility index (Phi) is 3.99. The third kappa shape index (κ3) is 3.00. The van der Waals surface area contributed by atoms with Crippen LogP contribution in [0.4, 0.5) is 0 Å². The quantitative estimate of drug-likeness (QED) is 0.529. The van der Waals surface area contributed by atoms with E-state index >= 15 is 0 Å². The molecule has 1 heterocycles. The number of aromatic nitrogens is 1. The van der Waals surface area contributed by atoms with Gasteiger partial charge >= 0.3 is 0 Å². The van der Waals surface area contributed by atoms with Crippen molar-refractivity contribution in [3.8, 4) is 22.4 Å². The lowest BCUT2D eigenvalue weighted by Gasteiger charge is -2.04. The van der Waals surface area contributed by atoms with Crippen LogP contribution >= 0.6 is 31.9 Å². The first-order valence-corrected chi connectivity index (χ1v) is 7.79. The number of nitrogens with zero attached hydrogens (tertiary/aromatic N) is 1. The van der Waals surface area contributed by atoms with Gasteiger partial charge < -0.3 is 0 Å². The smallest absolute Gasteiger partial charge is 0.0702 e. The molecule has 0 aliphatic rings. The highest BCUT2D eigenvalue weighted by molar-refractivity contribution is 9.10. The Morgan fingerprint density at radius 3 is 1.55 bits per heavy atom. The monoisotopic (exact) mass is 387 g/mol. The Morgan fingerprint density at radius 1 is 0.550 bits per heavy atom. The molecular formula is C17H11Br2N. The topological polar surface area (TPSA) is 12.9 Å². The van der Waals surface area contributed by atoms with Crippen LogP contribution in [-0.4, -0.2) is 4.98 Å². The molecule has 0 spiro atoms. The average Bonchev–Trinajstić information content (AvgIpc) is 2.49. The van der Waals surface area contributed by atoms with Crippen LogP contribution in [0.3, 0.4) is 0 Å². The van der Waals surface area contributed by atoms with Crippen LogP contribution < -0.4 is 0 Å². The fourth-order valence-corrected chi connectivity index (χ4v) is 2.53. The molecule has 3 rings (SSSR count). The number of hydrogen-bond acceptors (Lipinski definition) is 1. The molecule has 3 heteroatoms. The lowest BCUT2D eigenvalue weighted by atomic mass is 10.1. The zero-order chi connectivity index (χ0) is 13.9. The Labute approximate surface area is 135 Å². The van der Waals surface area contributed by atoms with Crippen LogP contribution in [-0.2, 0) is 0 Å². The maximum Gasteiger partial charge on any atom is 0.0702 e. The predicted molar refractivity (Wildman–Crippen MR) is 90.5 cm³/mol. The highest BCUT2D eigenvalue weighted by atomic mass is 79.9. The number of halogens is 2. The van der Waals surface area contributed by atoms with E-state index in [4.69, 9.17) is 0 Å². The van der Waals surface area contributed by atoms with Crippen LogP contribution in [0.5, 0.6) is 0 Å². The van der Waals surface area contributed by atoms with Gasteiger partial charge in [-0.05, 0) is 35.9 Å². The summed E-state index contributed by atoms with van der Waals surface area (Å²) in [5.41, 5.74) is 4.40. The molecule has 1 aromatic heterocycles. The molecule has 0 saturated heterocycles. The van der Waals surface area contributed by atoms with Gasteiger partial charge in [0, 0.05) is 26.3 Å². The lowest BCUT2D eigenvalue weighted by molar-refractivity contribution is 1.32. The Morgan fingerprint density at radius 2 is 1.05 bits per heavy atom. The summed E-state index contributed by atoms with van der Waals surface area (Å²) in [6.07, 6.45) is 1.92. The lowest BCUT2D eigenvalue weighted by Crippen LogP contribution is -1.85. The SMILES string of the molecule is Brc1ccc(-c2ccc(-c3ccc(Br)cc3)nc2)cc1. The minimum absolute atomic E-state index is 0.985. The number of benzene rings is 2. The molecule has 0 fully saturated rings. The molecule has 0 bridgehead atoms. The summed E-state index contributed by atoms with van der Waals surface area (Å²) in [6.45, 7) is 0. The van der Waals surface area contributed by atoms with Gasteiger partial charge in [0.1, 0.15) is 0 Å². The molecule has 2 aromatic carbocycles. The van der Waals surface area contributed by atoms with Gasteiger partial charge in [-0.2, -0.15) is 0 Å². The van der Waals surface area contributed by atoms with Gasteiger partial charge in [-0.25, -0.2) is 0 Å². The largest absolute Gasteiger partial charge is 0.256 e. The molecule has 0 radical (unpaired) electrons. The molecule has 1 nitrogen and oxygen atoms in total. The highest BCUT2D eigenvalue weighted by Gasteiger charge is 2.01. The van der Waals surface area contributed by atoms with Gasteiger partial charge in [0.2, 0.25) is 0 Å². The molecule has 3 aromatic rings. The van der Waals surface area contributed by atoms with Crippen molar-refractivity contribution in [1.29, 1.82) is 0 Å². The van der Waals surface area contributed by atoms with Gasteiger partial charge in [0.15, 0.2) is 0 Å². The molecule has 0 saturated carbocycles. The predicted octanol–water partition coefficient (Wildman–Crippen LogP) is 5.94. The summed E-state index contributed by atoms with van der Waals surface area (Å²) < 4.78 is 2.16. The second-order valence-corrected chi connectivity index (χ2v) is 6.28. The molecule has 98 valence electrons. The second kappa shape index (κ2) is 5.90. The maximum absolute atomic E-state index is 4.55. The Hall–Kier alpha value is -1.45. The van der Waals surface area contributed by atoms with Crippen LogP contribution in [0.1, 0.15) is 0 Å². The van der Waals surface area contributed by atoms with E-state index in [2.05, 4.69) is 73.2 Å². The summed E-state index contributed by atoms with van der Waals surface area (Å²) in [6, 6.07) is 20.6. The van der Waals surface area contributed by atoms with Gasteiger partial charge in [0.25, 0.3) is 0 Å². The molecule has 0 unspecified atom stereocenters. The zero-order valence-electron chi connectivity index (χ0n) is 10.6. The Balaban J connectivity index is 1.91. The molecule has 0 N–H and O–H groups in total. The van der Waals surface area contributed by atoms with Crippen LogP contribution in [0.2, 0.25) is 0 Å². The van der Waals surface area contributed by atoms with Crippen LogP contribution in [0.15, 0.2) is 75.8 Å². The van der Waals surface area contributed by atoms with Gasteiger partial charge in [-0.1, -0.05) is 62.2 Å². The van der Waals surface area contributed by atoms with E-state index in [-0.39, 0.29) is 0 Å². The third-order valence-electron chi connectivity index (χ3n) is 3.08. The van der Waals surface area contributed by atoms with Gasteiger partial charge in [0.05, 0.1) is 5.69 Å². The van der Waals surface area contributed by atoms with Gasteiger partial charge in [-0.3, -0.25) is 4.98 Å². The van der Waals surface area contributed by atoms with E-state index in [1.807, 2.05) is 30.5 Å². The number of rotatable bonds is 2. The number of pyridine rings is 1. The standard InChI is InChI=1S/C17H11Br2N/c18-15-6-1-12(2-7-15)14-5-10-17(20-11-14)13-3-8-16(19)9-4-13/h1-11H. The van der Waals surface area contributed by atoms with Crippen molar-refractivity contribution in [2.24, 2.45) is 0 Å². The van der Waals surface area contributed by atoms with E-state index < -0.39 is 0 Å². The third-order valence-corrected chi connectivity index (χ3v) is 4.14. The zero-order valence-corrected chi connectivity index (χ0v) is 13.7. The van der Waals surface area contributed by atoms with Crippen molar-refractivity contribution < 1.29 is 0 Å². The van der Waals surface area contributed by atoms with E-state index in [9.17, 15) is 0 Å². The van der Waals surface area contributed by atoms with E-state index in [1.54, 1.807) is 0 Å². The average molecular weight is 389 g/mol. The van der Waals surface area contributed by atoms with Crippen molar-refractivity contribution in [3.05, 3.63) is 75.8 Å². The van der Waals surface area contributed by atoms with E-state index in [0.717, 1.165) is 25.8 Å². The van der Waals surface area contributed by atoms with Crippen LogP contribution in [0.25, 0.3) is 22.4 Å². The van der Waals surface area contributed by atoms with Crippen molar-refractivity contribution in [2.45, 2.75) is 0 Å². The minimum Gasteiger partial charge on any atom is -0.256 e. The summed E-state index contributed by atoms with van der Waals surface area (Å²) in [7, 11) is 0. The normalized spacial score (nSPS) is 10.5. The van der Waals surface area contributed by atoms with Gasteiger partial charge in [-0.15, -0.1) is 0 Å². The van der Waals surface area contributed by atoms with Crippen molar-refractivity contribution >= 4 is 31.9 Å². The van der Waals surface area contributed by atoms with Crippen molar-refractivity contribution in [1.82, 2.24) is 4.98 Å². The first-order chi connectivity index (χ1) is 9.72. The molecule has 0 aliphatic carbocycles. The second-order valence-electron chi connectivity index (χ2n) is 4.45. The summed E-state index contributed by atoms with van der Waals surface area (Å²) in [5, 5.41) is 0. The molecule has 0 amide bonds. The fourth-order valence-electron chi connectivity index (χ4n) is 2.00.